The van der Waals surface area contributed by atoms with E-state index in [1.807, 2.05) is 26.0 Å². The van der Waals surface area contributed by atoms with Gasteiger partial charge in [-0.05, 0) is 38.0 Å². The normalized spacial score (nSPS) is 22.3. The predicted octanol–water partition coefficient (Wildman–Crippen LogP) is 2.06. The Morgan fingerprint density at radius 1 is 1.27 bits per heavy atom. The first-order chi connectivity index (χ1) is 10.6. The number of hydrogen-bond donors (Lipinski definition) is 1. The van der Waals surface area contributed by atoms with Gasteiger partial charge in [-0.15, -0.1) is 0 Å². The van der Waals surface area contributed by atoms with E-state index in [0.29, 0.717) is 0 Å². The minimum Gasteiger partial charge on any atom is -0.493 e. The van der Waals surface area contributed by atoms with E-state index in [4.69, 9.17) is 14.2 Å². The first-order valence-electron chi connectivity index (χ1n) is 7.78. The van der Waals surface area contributed by atoms with Crippen molar-refractivity contribution in [3.63, 3.8) is 0 Å². The van der Waals surface area contributed by atoms with E-state index in [1.165, 1.54) is 0 Å². The van der Waals surface area contributed by atoms with Crippen molar-refractivity contribution in [3.8, 4) is 11.5 Å². The molecule has 0 amide bonds. The monoisotopic (exact) mass is 309 g/mol. The van der Waals surface area contributed by atoms with Crippen molar-refractivity contribution < 1.29 is 19.3 Å². The second-order valence-electron chi connectivity index (χ2n) is 6.01. The molecule has 0 saturated carbocycles. The SMILES string of the molecule is COc1cc(CN2C[C@@H](OC)C[C@H]2CO)ccc1OC(C)C. The predicted molar refractivity (Wildman–Crippen MR) is 85.5 cm³/mol. The quantitative estimate of drug-likeness (QED) is 0.835. The minimum atomic E-state index is 0.111. The van der Waals surface area contributed by atoms with Crippen LogP contribution in [0.3, 0.4) is 0 Å². The summed E-state index contributed by atoms with van der Waals surface area (Å²) in [7, 11) is 3.38. The first-order valence-corrected chi connectivity index (χ1v) is 7.78. The molecule has 1 aromatic rings. The maximum atomic E-state index is 9.53. The molecule has 1 saturated heterocycles. The highest BCUT2D eigenvalue weighted by Gasteiger charge is 2.31. The van der Waals surface area contributed by atoms with Crippen molar-refractivity contribution >= 4 is 0 Å². The smallest absolute Gasteiger partial charge is 0.161 e. The topological polar surface area (TPSA) is 51.2 Å². The zero-order chi connectivity index (χ0) is 16.1. The van der Waals surface area contributed by atoms with Crippen molar-refractivity contribution in [2.45, 2.75) is 45.1 Å². The molecule has 22 heavy (non-hydrogen) atoms. The standard InChI is InChI=1S/C17H27NO4/c1-12(2)22-16-6-5-13(7-17(16)21-4)9-18-10-15(20-3)8-14(18)11-19/h5-7,12,14-15,19H,8-11H2,1-4H3/t14-,15-/m0/s1. The Morgan fingerprint density at radius 2 is 2.05 bits per heavy atom. The molecule has 1 aliphatic heterocycles. The van der Waals surface area contributed by atoms with Crippen molar-refractivity contribution in [3.05, 3.63) is 23.8 Å². The number of aliphatic hydroxyl groups is 1. The van der Waals surface area contributed by atoms with Gasteiger partial charge in [-0.2, -0.15) is 0 Å². The fourth-order valence-corrected chi connectivity index (χ4v) is 2.89. The largest absolute Gasteiger partial charge is 0.493 e. The van der Waals surface area contributed by atoms with E-state index in [2.05, 4.69) is 11.0 Å². The summed E-state index contributed by atoms with van der Waals surface area (Å²) in [5.74, 6) is 1.50. The highest BCUT2D eigenvalue weighted by molar-refractivity contribution is 5.43. The van der Waals surface area contributed by atoms with Gasteiger partial charge >= 0.3 is 0 Å². The molecule has 5 heteroatoms. The van der Waals surface area contributed by atoms with Crippen LogP contribution < -0.4 is 9.47 Å². The zero-order valence-electron chi connectivity index (χ0n) is 13.9. The summed E-state index contributed by atoms with van der Waals surface area (Å²) in [5, 5.41) is 9.53. The summed E-state index contributed by atoms with van der Waals surface area (Å²) in [6.45, 7) is 5.76. The molecule has 0 bridgehead atoms. The molecular weight excluding hydrogens is 282 g/mol. The fraction of sp³-hybridized carbons (Fsp3) is 0.647. The molecule has 1 heterocycles. The number of benzene rings is 1. The lowest BCUT2D eigenvalue weighted by Crippen LogP contribution is -2.31. The maximum absolute atomic E-state index is 9.53. The van der Waals surface area contributed by atoms with Gasteiger partial charge in [-0.3, -0.25) is 4.90 Å². The van der Waals surface area contributed by atoms with Gasteiger partial charge in [0.25, 0.3) is 0 Å². The number of rotatable bonds is 7. The molecule has 124 valence electrons. The van der Waals surface area contributed by atoms with Crippen LogP contribution in [-0.2, 0) is 11.3 Å². The van der Waals surface area contributed by atoms with E-state index < -0.39 is 0 Å². The highest BCUT2D eigenvalue weighted by atomic mass is 16.5. The maximum Gasteiger partial charge on any atom is 0.161 e. The fourth-order valence-electron chi connectivity index (χ4n) is 2.89. The number of aliphatic hydroxyl groups excluding tert-OH is 1. The van der Waals surface area contributed by atoms with Crippen LogP contribution in [0.2, 0.25) is 0 Å². The zero-order valence-corrected chi connectivity index (χ0v) is 13.9. The lowest BCUT2D eigenvalue weighted by atomic mass is 10.1. The number of methoxy groups -OCH3 is 2. The highest BCUT2D eigenvalue weighted by Crippen LogP contribution is 2.30. The Bertz CT molecular complexity index is 478. The van der Waals surface area contributed by atoms with E-state index >= 15 is 0 Å². The Kier molecular flexibility index (Phi) is 6.06. The summed E-state index contributed by atoms with van der Waals surface area (Å²) in [6.07, 6.45) is 1.18. The van der Waals surface area contributed by atoms with Crippen LogP contribution in [0.4, 0.5) is 0 Å². The molecule has 1 aromatic carbocycles. The second-order valence-corrected chi connectivity index (χ2v) is 6.01. The molecule has 0 aromatic heterocycles. The number of nitrogens with zero attached hydrogens (tertiary/aromatic N) is 1. The third kappa shape index (κ3) is 4.12. The lowest BCUT2D eigenvalue weighted by molar-refractivity contribution is 0.107. The van der Waals surface area contributed by atoms with Crippen LogP contribution >= 0.6 is 0 Å². The van der Waals surface area contributed by atoms with Gasteiger partial charge < -0.3 is 19.3 Å². The molecule has 0 radical (unpaired) electrons. The van der Waals surface area contributed by atoms with Gasteiger partial charge in [0.2, 0.25) is 0 Å². The van der Waals surface area contributed by atoms with E-state index in [-0.39, 0.29) is 24.9 Å². The van der Waals surface area contributed by atoms with Gasteiger partial charge in [0.15, 0.2) is 11.5 Å². The van der Waals surface area contributed by atoms with Gasteiger partial charge in [0.05, 0.1) is 25.9 Å². The van der Waals surface area contributed by atoms with Crippen molar-refractivity contribution in [1.82, 2.24) is 4.90 Å². The van der Waals surface area contributed by atoms with Gasteiger partial charge in [-0.25, -0.2) is 0 Å². The molecule has 0 aliphatic carbocycles. The van der Waals surface area contributed by atoms with Gasteiger partial charge in [0.1, 0.15) is 0 Å². The molecule has 1 aliphatic rings. The number of ether oxygens (including phenoxy) is 3. The number of hydrogen-bond acceptors (Lipinski definition) is 5. The van der Waals surface area contributed by atoms with Crippen LogP contribution in [0.1, 0.15) is 25.8 Å². The van der Waals surface area contributed by atoms with Crippen molar-refractivity contribution in [2.75, 3.05) is 27.4 Å². The Labute approximate surface area is 132 Å². The minimum absolute atomic E-state index is 0.111. The Balaban J connectivity index is 2.09. The average molecular weight is 309 g/mol. The first kappa shape index (κ1) is 17.1. The summed E-state index contributed by atoms with van der Waals surface area (Å²) in [6, 6.07) is 6.16. The summed E-state index contributed by atoms with van der Waals surface area (Å²) < 4.78 is 16.6. The van der Waals surface area contributed by atoms with Crippen molar-refractivity contribution in [1.29, 1.82) is 0 Å². The number of likely N-dealkylation sites (tertiary alicyclic amines) is 1. The third-order valence-corrected chi connectivity index (χ3v) is 4.01. The van der Waals surface area contributed by atoms with Crippen LogP contribution in [0.15, 0.2) is 18.2 Å². The lowest BCUT2D eigenvalue weighted by Gasteiger charge is -2.23. The van der Waals surface area contributed by atoms with Crippen molar-refractivity contribution in [2.24, 2.45) is 0 Å². The molecule has 2 rings (SSSR count). The molecular formula is C17H27NO4. The summed E-state index contributed by atoms with van der Waals surface area (Å²) in [5.41, 5.74) is 1.14. The average Bonchev–Trinajstić information content (AvgIpc) is 2.90. The summed E-state index contributed by atoms with van der Waals surface area (Å²) >= 11 is 0. The Hall–Kier alpha value is -1.30. The summed E-state index contributed by atoms with van der Waals surface area (Å²) in [4.78, 5) is 2.26. The van der Waals surface area contributed by atoms with Crippen LogP contribution in [0.25, 0.3) is 0 Å². The van der Waals surface area contributed by atoms with Crippen LogP contribution in [0.5, 0.6) is 11.5 Å². The second kappa shape index (κ2) is 7.81. The van der Waals surface area contributed by atoms with Gasteiger partial charge in [0, 0.05) is 26.2 Å². The molecule has 1 N–H and O–H groups in total. The Morgan fingerprint density at radius 3 is 2.64 bits per heavy atom. The molecule has 0 unspecified atom stereocenters. The van der Waals surface area contributed by atoms with Crippen LogP contribution in [0, 0.1) is 0 Å². The van der Waals surface area contributed by atoms with Crippen LogP contribution in [-0.4, -0.2) is 55.6 Å². The van der Waals surface area contributed by atoms with E-state index in [9.17, 15) is 5.11 Å². The molecule has 0 spiro atoms. The van der Waals surface area contributed by atoms with E-state index in [1.54, 1.807) is 14.2 Å². The molecule has 1 fully saturated rings. The third-order valence-electron chi connectivity index (χ3n) is 4.01. The molecule has 2 atom stereocenters. The van der Waals surface area contributed by atoms with Gasteiger partial charge in [-0.1, -0.05) is 6.07 Å². The molecule has 5 nitrogen and oxygen atoms in total. The van der Waals surface area contributed by atoms with E-state index in [0.717, 1.165) is 36.6 Å².